The fourth-order valence-corrected chi connectivity index (χ4v) is 3.85. The lowest BCUT2D eigenvalue weighted by Crippen LogP contribution is -2.30. The van der Waals surface area contributed by atoms with E-state index < -0.39 is 10.8 Å². The van der Waals surface area contributed by atoms with Crippen LogP contribution in [-0.4, -0.2) is 18.3 Å². The van der Waals surface area contributed by atoms with Gasteiger partial charge in [0.25, 0.3) is 5.52 Å². The standard InChI is InChI=1S/C13H11BrN2O3S/c14-10-8-13-12(15(17)9-10)6-7-16(13)20(18,19)11-4-2-1-3-5-11/h1-9H,(H2-,17,18,19)/p+1. The van der Waals surface area contributed by atoms with Crippen molar-refractivity contribution in [2.75, 3.05) is 0 Å². The minimum absolute atomic E-state index is 0.418. The summed E-state index contributed by atoms with van der Waals surface area (Å²) in [6.07, 6.45) is 3.03. The molecule has 20 heavy (non-hydrogen) atoms. The summed E-state index contributed by atoms with van der Waals surface area (Å²) < 4.78 is 24.0. The Balaban J connectivity index is 2.25. The van der Waals surface area contributed by atoms with Crippen molar-refractivity contribution in [3.8, 4) is 0 Å². The number of rotatable bonds is 2. The molecule has 7 heteroatoms. The second-order valence-electron chi connectivity index (χ2n) is 4.25. The van der Waals surface area contributed by atoms with Crippen molar-refractivity contribution in [1.29, 1.82) is 0 Å². The molecular formula is C13H12BrN2O3S+. The van der Waals surface area contributed by atoms with Crippen LogP contribution in [0, 0.1) is 0 Å². The summed E-state index contributed by atoms with van der Waals surface area (Å²) in [5.41, 5.74) is 1.01. The van der Waals surface area contributed by atoms with Crippen molar-refractivity contribution in [2.24, 2.45) is 0 Å². The molecule has 2 heterocycles. The van der Waals surface area contributed by atoms with Crippen LogP contribution in [0.15, 0.2) is 64.2 Å². The maximum absolute atomic E-state index is 10.5. The molecular weight excluding hydrogens is 344 g/mol. The molecule has 0 radical (unpaired) electrons. The predicted molar refractivity (Wildman–Crippen MR) is 80.0 cm³/mol. The summed E-state index contributed by atoms with van der Waals surface area (Å²) >= 11 is 3.28. The molecule has 0 aliphatic rings. The van der Waals surface area contributed by atoms with E-state index in [0.717, 1.165) is 4.73 Å². The Kier molecular flexibility index (Phi) is 3.21. The first-order valence-corrected chi connectivity index (χ1v) is 8.05. The second kappa shape index (κ2) is 4.78. The van der Waals surface area contributed by atoms with E-state index in [1.165, 1.54) is 10.2 Å². The minimum atomic E-state index is -3.18. The van der Waals surface area contributed by atoms with Crippen molar-refractivity contribution in [2.45, 2.75) is 4.90 Å². The summed E-state index contributed by atoms with van der Waals surface area (Å²) in [6.45, 7) is 0. The Hall–Kier alpha value is -1.54. The van der Waals surface area contributed by atoms with Gasteiger partial charge in [-0.05, 0) is 34.1 Å². The number of halogens is 1. The molecule has 0 saturated carbocycles. The molecule has 3 rings (SSSR count). The molecule has 0 spiro atoms. The summed E-state index contributed by atoms with van der Waals surface area (Å²) in [7, 11) is -3.18. The average Bonchev–Trinajstić information content (AvgIpc) is 2.84. The van der Waals surface area contributed by atoms with Gasteiger partial charge >= 0.3 is 0 Å². The molecule has 0 atom stereocenters. The van der Waals surface area contributed by atoms with E-state index in [1.807, 2.05) is 6.07 Å². The van der Waals surface area contributed by atoms with E-state index in [1.54, 1.807) is 42.6 Å². The lowest BCUT2D eigenvalue weighted by Gasteiger charge is -2.33. The lowest BCUT2D eigenvalue weighted by atomic mass is 10.4. The Labute approximate surface area is 125 Å². The average molecular weight is 356 g/mol. The molecule has 0 amide bonds. The number of nitrogens with zero attached hydrogens (tertiary/aromatic N) is 2. The molecule has 0 saturated heterocycles. The fourth-order valence-electron chi connectivity index (χ4n) is 2.04. The number of benzene rings is 1. The van der Waals surface area contributed by atoms with E-state index in [-0.39, 0.29) is 0 Å². The van der Waals surface area contributed by atoms with Crippen molar-refractivity contribution in [3.05, 3.63) is 59.3 Å². The highest BCUT2D eigenvalue weighted by Gasteiger charge is 2.23. The highest BCUT2D eigenvalue weighted by molar-refractivity contribution is 9.10. The predicted octanol–water partition coefficient (Wildman–Crippen LogP) is 3.50. The lowest BCUT2D eigenvalue weighted by molar-refractivity contribution is -0.885. The van der Waals surface area contributed by atoms with Crippen LogP contribution in [0.25, 0.3) is 11.0 Å². The van der Waals surface area contributed by atoms with Crippen molar-refractivity contribution < 1.29 is 19.0 Å². The van der Waals surface area contributed by atoms with Gasteiger partial charge in [0, 0.05) is 17.0 Å². The first kappa shape index (κ1) is 13.4. The van der Waals surface area contributed by atoms with Gasteiger partial charge in [0.1, 0.15) is 5.52 Å². The summed E-state index contributed by atoms with van der Waals surface area (Å²) in [6, 6.07) is 12.0. The Bertz CT molecular complexity index is 774. The Morgan fingerprint density at radius 2 is 1.80 bits per heavy atom. The molecule has 0 bridgehead atoms. The first-order chi connectivity index (χ1) is 9.50. The van der Waals surface area contributed by atoms with Crippen LogP contribution in [0.3, 0.4) is 0 Å². The first-order valence-electron chi connectivity index (χ1n) is 5.75. The van der Waals surface area contributed by atoms with Crippen molar-refractivity contribution in [3.63, 3.8) is 0 Å². The number of pyridine rings is 1. The highest BCUT2D eigenvalue weighted by Crippen LogP contribution is 2.50. The van der Waals surface area contributed by atoms with E-state index in [2.05, 4.69) is 15.9 Å². The summed E-state index contributed by atoms with van der Waals surface area (Å²) in [5.74, 6) is 0. The SMILES string of the molecule is O[n+]1cc(Br)cc2c1ccn2S(O)(O)c1ccccc1. The quantitative estimate of drug-likeness (QED) is 0.486. The third kappa shape index (κ3) is 2.08. The van der Waals surface area contributed by atoms with Crippen LogP contribution in [0.2, 0.25) is 0 Å². The van der Waals surface area contributed by atoms with Crippen LogP contribution < -0.4 is 4.73 Å². The molecule has 0 aliphatic heterocycles. The molecule has 3 N–H and O–H groups in total. The van der Waals surface area contributed by atoms with Gasteiger partial charge in [-0.15, -0.1) is 0 Å². The smallest absolute Gasteiger partial charge is 0.284 e. The van der Waals surface area contributed by atoms with Gasteiger partial charge in [-0.2, -0.15) is 0 Å². The van der Waals surface area contributed by atoms with Gasteiger partial charge in [0.2, 0.25) is 6.20 Å². The number of aromatic nitrogens is 2. The highest BCUT2D eigenvalue weighted by atomic mass is 79.9. The normalized spacial score (nSPS) is 12.8. The van der Waals surface area contributed by atoms with Crippen molar-refractivity contribution in [1.82, 2.24) is 3.97 Å². The Morgan fingerprint density at radius 3 is 2.50 bits per heavy atom. The number of hydrogen-bond donors (Lipinski definition) is 3. The third-order valence-corrected chi connectivity index (χ3v) is 5.17. The van der Waals surface area contributed by atoms with Crippen LogP contribution in [-0.2, 0) is 0 Å². The van der Waals surface area contributed by atoms with Gasteiger partial charge in [0.05, 0.1) is 9.37 Å². The minimum Gasteiger partial charge on any atom is -0.284 e. The second-order valence-corrected chi connectivity index (χ2v) is 7.06. The molecule has 3 aromatic rings. The van der Waals surface area contributed by atoms with Gasteiger partial charge in [0.15, 0.2) is 0 Å². The van der Waals surface area contributed by atoms with E-state index in [0.29, 0.717) is 20.4 Å². The van der Waals surface area contributed by atoms with Crippen LogP contribution in [0.5, 0.6) is 0 Å². The molecule has 2 aromatic heterocycles. The monoisotopic (exact) mass is 355 g/mol. The van der Waals surface area contributed by atoms with E-state index in [4.69, 9.17) is 0 Å². The summed E-state index contributed by atoms with van der Waals surface area (Å²) in [4.78, 5) is 0.418. The topological polar surface area (TPSA) is 69.5 Å². The fraction of sp³-hybridized carbons (Fsp3) is 0. The van der Waals surface area contributed by atoms with Gasteiger partial charge in [-0.25, -0.2) is 3.97 Å². The zero-order valence-electron chi connectivity index (χ0n) is 10.2. The van der Waals surface area contributed by atoms with Crippen LogP contribution >= 0.6 is 26.7 Å². The van der Waals surface area contributed by atoms with E-state index in [9.17, 15) is 14.3 Å². The van der Waals surface area contributed by atoms with Crippen molar-refractivity contribution >= 4 is 37.7 Å². The molecule has 5 nitrogen and oxygen atoms in total. The maximum atomic E-state index is 10.5. The van der Waals surface area contributed by atoms with Gasteiger partial charge in [-0.3, -0.25) is 14.3 Å². The zero-order valence-corrected chi connectivity index (χ0v) is 12.6. The molecule has 0 fully saturated rings. The molecule has 1 aromatic carbocycles. The zero-order chi connectivity index (χ0) is 14.3. The largest absolute Gasteiger partial charge is 0.284 e. The molecule has 0 unspecified atom stereocenters. The summed E-state index contributed by atoms with van der Waals surface area (Å²) in [5, 5.41) is 9.82. The third-order valence-electron chi connectivity index (χ3n) is 2.97. The number of hydrogen-bond acceptors (Lipinski definition) is 3. The van der Waals surface area contributed by atoms with E-state index >= 15 is 0 Å². The van der Waals surface area contributed by atoms with Crippen LogP contribution in [0.4, 0.5) is 0 Å². The Morgan fingerprint density at radius 1 is 1.10 bits per heavy atom. The van der Waals surface area contributed by atoms with Crippen LogP contribution in [0.1, 0.15) is 0 Å². The molecule has 0 aliphatic carbocycles. The van der Waals surface area contributed by atoms with Gasteiger partial charge in [-0.1, -0.05) is 29.0 Å². The maximum Gasteiger partial charge on any atom is 0.284 e. The number of fused-ring (bicyclic) bond motifs is 1. The molecule has 104 valence electrons. The van der Waals surface area contributed by atoms with Gasteiger partial charge < -0.3 is 0 Å².